The van der Waals surface area contributed by atoms with Crippen molar-refractivity contribution in [3.05, 3.63) is 46.7 Å². The highest BCUT2D eigenvalue weighted by atomic mass is 79.9. The zero-order chi connectivity index (χ0) is 18.1. The molecule has 0 aliphatic heterocycles. The SMILES string of the molecule is CCOc1nc(Nc2cnc3ccccc3c2)nc2[nH]c(CC)c(Br)c12. The van der Waals surface area contributed by atoms with Gasteiger partial charge in [0.25, 0.3) is 0 Å². The summed E-state index contributed by atoms with van der Waals surface area (Å²) in [6, 6.07) is 10.0. The van der Waals surface area contributed by atoms with Crippen molar-refractivity contribution in [3.8, 4) is 5.88 Å². The van der Waals surface area contributed by atoms with Gasteiger partial charge in [0, 0.05) is 11.1 Å². The quantitative estimate of drug-likeness (QED) is 0.484. The van der Waals surface area contributed by atoms with E-state index in [1.54, 1.807) is 6.20 Å². The first-order chi connectivity index (χ1) is 12.7. The van der Waals surface area contributed by atoms with Crippen molar-refractivity contribution in [3.63, 3.8) is 0 Å². The number of nitrogens with one attached hydrogen (secondary N) is 2. The fraction of sp³-hybridized carbons (Fsp3) is 0.211. The van der Waals surface area contributed by atoms with Crippen molar-refractivity contribution in [2.45, 2.75) is 20.3 Å². The number of hydrogen-bond acceptors (Lipinski definition) is 5. The number of rotatable bonds is 5. The molecule has 6 nitrogen and oxygen atoms in total. The third kappa shape index (κ3) is 2.99. The minimum atomic E-state index is 0.467. The summed E-state index contributed by atoms with van der Waals surface area (Å²) in [5.41, 5.74) is 3.58. The monoisotopic (exact) mass is 411 g/mol. The molecule has 0 fully saturated rings. The average molecular weight is 412 g/mol. The number of aryl methyl sites for hydroxylation is 1. The Morgan fingerprint density at radius 1 is 1.19 bits per heavy atom. The van der Waals surface area contributed by atoms with Crippen LogP contribution < -0.4 is 10.1 Å². The van der Waals surface area contributed by atoms with E-state index in [0.717, 1.165) is 44.2 Å². The van der Waals surface area contributed by atoms with Crippen molar-refractivity contribution >= 4 is 49.5 Å². The van der Waals surface area contributed by atoms with E-state index in [4.69, 9.17) is 4.74 Å². The van der Waals surface area contributed by atoms with Gasteiger partial charge in [-0.15, -0.1) is 0 Å². The second-order valence-electron chi connectivity index (χ2n) is 5.82. The van der Waals surface area contributed by atoms with Crippen LogP contribution in [0.2, 0.25) is 0 Å². The molecule has 2 N–H and O–H groups in total. The first kappa shape index (κ1) is 16.8. The Morgan fingerprint density at radius 2 is 2.04 bits per heavy atom. The van der Waals surface area contributed by atoms with Crippen LogP contribution in [0.3, 0.4) is 0 Å². The molecule has 26 heavy (non-hydrogen) atoms. The fourth-order valence-electron chi connectivity index (χ4n) is 2.89. The molecule has 3 heterocycles. The van der Waals surface area contributed by atoms with Crippen LogP contribution in [0, 0.1) is 0 Å². The Bertz CT molecular complexity index is 1090. The average Bonchev–Trinajstić information content (AvgIpc) is 2.98. The van der Waals surface area contributed by atoms with E-state index in [1.807, 2.05) is 37.3 Å². The second-order valence-corrected chi connectivity index (χ2v) is 6.61. The summed E-state index contributed by atoms with van der Waals surface area (Å²) < 4.78 is 6.71. The molecule has 0 spiro atoms. The molecule has 0 radical (unpaired) electrons. The normalized spacial score (nSPS) is 11.2. The van der Waals surface area contributed by atoms with Gasteiger partial charge in [0.15, 0.2) is 0 Å². The van der Waals surface area contributed by atoms with E-state index in [1.165, 1.54) is 0 Å². The van der Waals surface area contributed by atoms with Crippen LogP contribution in [0.5, 0.6) is 5.88 Å². The van der Waals surface area contributed by atoms with Gasteiger partial charge in [0.1, 0.15) is 5.65 Å². The highest BCUT2D eigenvalue weighted by molar-refractivity contribution is 9.10. The number of aromatic nitrogens is 4. The molecular formula is C19H18BrN5O. The molecule has 132 valence electrons. The minimum absolute atomic E-state index is 0.467. The summed E-state index contributed by atoms with van der Waals surface area (Å²) in [5, 5.41) is 5.16. The van der Waals surface area contributed by atoms with E-state index >= 15 is 0 Å². The molecule has 0 bridgehead atoms. The van der Waals surface area contributed by atoms with Crippen molar-refractivity contribution in [2.24, 2.45) is 0 Å². The van der Waals surface area contributed by atoms with Gasteiger partial charge >= 0.3 is 0 Å². The molecule has 0 unspecified atom stereocenters. The molecule has 0 atom stereocenters. The first-order valence-corrected chi connectivity index (χ1v) is 9.31. The number of hydrogen-bond donors (Lipinski definition) is 2. The lowest BCUT2D eigenvalue weighted by molar-refractivity contribution is 0.331. The fourth-order valence-corrected chi connectivity index (χ4v) is 3.62. The summed E-state index contributed by atoms with van der Waals surface area (Å²) in [4.78, 5) is 17.0. The number of para-hydroxylation sites is 1. The summed E-state index contributed by atoms with van der Waals surface area (Å²) >= 11 is 3.63. The Balaban J connectivity index is 1.77. The predicted molar refractivity (Wildman–Crippen MR) is 107 cm³/mol. The third-order valence-electron chi connectivity index (χ3n) is 4.11. The van der Waals surface area contributed by atoms with Crippen molar-refractivity contribution in [2.75, 3.05) is 11.9 Å². The predicted octanol–water partition coefficient (Wildman–Crippen LogP) is 4.97. The lowest BCUT2D eigenvalue weighted by Crippen LogP contribution is -2.02. The van der Waals surface area contributed by atoms with Gasteiger partial charge in [-0.2, -0.15) is 9.97 Å². The van der Waals surface area contributed by atoms with Gasteiger partial charge in [0.05, 0.1) is 33.9 Å². The van der Waals surface area contributed by atoms with E-state index in [2.05, 4.69) is 48.1 Å². The molecule has 7 heteroatoms. The van der Waals surface area contributed by atoms with Crippen molar-refractivity contribution < 1.29 is 4.74 Å². The topological polar surface area (TPSA) is 75.7 Å². The highest BCUT2D eigenvalue weighted by Gasteiger charge is 2.17. The number of H-pyrrole nitrogens is 1. The minimum Gasteiger partial charge on any atom is -0.477 e. The van der Waals surface area contributed by atoms with Gasteiger partial charge in [-0.3, -0.25) is 4.98 Å². The molecule has 0 amide bonds. The molecule has 1 aromatic carbocycles. The number of halogens is 1. The summed E-state index contributed by atoms with van der Waals surface area (Å²) in [6.07, 6.45) is 2.64. The molecule has 3 aromatic heterocycles. The number of nitrogens with zero attached hydrogens (tertiary/aromatic N) is 3. The van der Waals surface area contributed by atoms with E-state index in [-0.39, 0.29) is 0 Å². The van der Waals surface area contributed by atoms with Gasteiger partial charge in [-0.1, -0.05) is 25.1 Å². The van der Waals surface area contributed by atoms with Crippen molar-refractivity contribution in [1.29, 1.82) is 0 Å². The maximum absolute atomic E-state index is 5.75. The zero-order valence-electron chi connectivity index (χ0n) is 14.5. The largest absolute Gasteiger partial charge is 0.477 e. The van der Waals surface area contributed by atoms with Gasteiger partial charge < -0.3 is 15.0 Å². The Morgan fingerprint density at radius 3 is 2.85 bits per heavy atom. The lowest BCUT2D eigenvalue weighted by Gasteiger charge is -2.09. The van der Waals surface area contributed by atoms with Crippen LogP contribution in [0.15, 0.2) is 41.0 Å². The Kier molecular flexibility index (Phi) is 4.46. The Hall–Kier alpha value is -2.67. The maximum Gasteiger partial charge on any atom is 0.232 e. The Labute approximate surface area is 159 Å². The van der Waals surface area contributed by atoms with Crippen LogP contribution in [0.1, 0.15) is 19.5 Å². The molecule has 4 rings (SSSR count). The third-order valence-corrected chi connectivity index (χ3v) is 4.99. The second kappa shape index (κ2) is 6.92. The molecule has 0 saturated carbocycles. The zero-order valence-corrected chi connectivity index (χ0v) is 16.1. The summed E-state index contributed by atoms with van der Waals surface area (Å²) in [7, 11) is 0. The molecule has 0 aliphatic carbocycles. The number of anilines is 2. The maximum atomic E-state index is 5.75. The van der Waals surface area contributed by atoms with Crippen LogP contribution in [-0.4, -0.2) is 26.5 Å². The van der Waals surface area contributed by atoms with E-state index in [9.17, 15) is 0 Å². The first-order valence-electron chi connectivity index (χ1n) is 8.52. The van der Waals surface area contributed by atoms with Gasteiger partial charge in [-0.25, -0.2) is 0 Å². The van der Waals surface area contributed by atoms with E-state index < -0.39 is 0 Å². The number of pyridine rings is 1. The smallest absolute Gasteiger partial charge is 0.232 e. The molecule has 0 aliphatic rings. The molecular weight excluding hydrogens is 394 g/mol. The number of aromatic amines is 1. The van der Waals surface area contributed by atoms with Crippen LogP contribution in [0.4, 0.5) is 11.6 Å². The standard InChI is InChI=1S/C19H18BrN5O/c1-3-13-16(20)15-17(23-13)24-19(25-18(15)26-4-2)22-12-9-11-7-5-6-8-14(11)21-10-12/h5-10H,3-4H2,1-2H3,(H2,22,23,24,25). The van der Waals surface area contributed by atoms with Crippen LogP contribution in [-0.2, 0) is 6.42 Å². The summed E-state index contributed by atoms with van der Waals surface area (Å²) in [6.45, 7) is 4.56. The van der Waals surface area contributed by atoms with Crippen LogP contribution >= 0.6 is 15.9 Å². The highest BCUT2D eigenvalue weighted by Crippen LogP contribution is 2.34. The summed E-state index contributed by atoms with van der Waals surface area (Å²) in [5.74, 6) is 1.02. The number of fused-ring (bicyclic) bond motifs is 2. The van der Waals surface area contributed by atoms with Crippen LogP contribution in [0.25, 0.3) is 21.9 Å². The van der Waals surface area contributed by atoms with Crippen molar-refractivity contribution in [1.82, 2.24) is 19.9 Å². The van der Waals surface area contributed by atoms with Gasteiger partial charge in [-0.05, 0) is 41.4 Å². The van der Waals surface area contributed by atoms with Gasteiger partial charge in [0.2, 0.25) is 11.8 Å². The molecule has 0 saturated heterocycles. The molecule has 4 aromatic rings. The lowest BCUT2D eigenvalue weighted by atomic mass is 10.2. The number of ether oxygens (including phenoxy) is 1. The van der Waals surface area contributed by atoms with E-state index in [0.29, 0.717) is 18.4 Å². The number of benzene rings is 1.